The molecule has 1 N–H and O–H groups in total. The van der Waals surface area contributed by atoms with Gasteiger partial charge in [-0.1, -0.05) is 35.3 Å². The molecule has 6 heteroatoms. The third-order valence-electron chi connectivity index (χ3n) is 2.46. The maximum absolute atomic E-state index is 11.2. The van der Waals surface area contributed by atoms with E-state index in [1.54, 1.807) is 25.1 Å². The van der Waals surface area contributed by atoms with Gasteiger partial charge in [-0.05, 0) is 13.0 Å². The summed E-state index contributed by atoms with van der Waals surface area (Å²) in [4.78, 5) is 18.9. The fourth-order valence-electron chi connectivity index (χ4n) is 1.66. The van der Waals surface area contributed by atoms with Crippen LogP contribution in [-0.2, 0) is 0 Å². The Morgan fingerprint density at radius 3 is 2.67 bits per heavy atom. The molecule has 4 nitrogen and oxygen atoms in total. The van der Waals surface area contributed by atoms with Gasteiger partial charge < -0.3 is 5.11 Å². The standard InChI is InChI=1S/C12H8Cl2N2O2/c1-6-9(11(12(17)18)16-5-15-6)7-3-2-4-8(13)10(7)14/h2-5H,1H3,(H,17,18). The highest BCUT2D eigenvalue weighted by atomic mass is 35.5. The number of rotatable bonds is 2. The summed E-state index contributed by atoms with van der Waals surface area (Å²) in [5.74, 6) is -1.13. The Balaban J connectivity index is 2.78. The first-order valence-corrected chi connectivity index (χ1v) is 5.77. The lowest BCUT2D eigenvalue weighted by atomic mass is 10.0. The summed E-state index contributed by atoms with van der Waals surface area (Å²) in [6, 6.07) is 5.01. The predicted molar refractivity (Wildman–Crippen MR) is 69.2 cm³/mol. The second-order valence-corrected chi connectivity index (χ2v) is 4.37. The number of aromatic carboxylic acids is 1. The van der Waals surface area contributed by atoms with Gasteiger partial charge in [0.25, 0.3) is 0 Å². The average molecular weight is 283 g/mol. The van der Waals surface area contributed by atoms with Crippen molar-refractivity contribution < 1.29 is 9.90 Å². The van der Waals surface area contributed by atoms with E-state index in [1.165, 1.54) is 6.33 Å². The van der Waals surface area contributed by atoms with E-state index in [9.17, 15) is 4.79 Å². The molecule has 0 aliphatic heterocycles. The molecular weight excluding hydrogens is 275 g/mol. The topological polar surface area (TPSA) is 63.1 Å². The van der Waals surface area contributed by atoms with Gasteiger partial charge in [-0.25, -0.2) is 14.8 Å². The Kier molecular flexibility index (Phi) is 3.50. The lowest BCUT2D eigenvalue weighted by Crippen LogP contribution is -2.06. The third-order valence-corrected chi connectivity index (χ3v) is 3.28. The zero-order valence-electron chi connectivity index (χ0n) is 9.32. The number of halogens is 2. The van der Waals surface area contributed by atoms with Crippen LogP contribution in [0.3, 0.4) is 0 Å². The molecule has 1 heterocycles. The summed E-state index contributed by atoms with van der Waals surface area (Å²) in [6.45, 7) is 1.70. The lowest BCUT2D eigenvalue weighted by molar-refractivity contribution is 0.0691. The molecule has 0 unspecified atom stereocenters. The van der Waals surface area contributed by atoms with Crippen LogP contribution in [0.1, 0.15) is 16.2 Å². The first kappa shape index (κ1) is 12.8. The zero-order valence-corrected chi connectivity index (χ0v) is 10.8. The minimum Gasteiger partial charge on any atom is -0.476 e. The van der Waals surface area contributed by atoms with Gasteiger partial charge in [0, 0.05) is 16.8 Å². The van der Waals surface area contributed by atoms with Gasteiger partial charge >= 0.3 is 5.97 Å². The van der Waals surface area contributed by atoms with E-state index in [0.717, 1.165) is 0 Å². The van der Waals surface area contributed by atoms with Crippen LogP contribution in [0, 0.1) is 6.92 Å². The molecule has 1 aromatic heterocycles. The number of aromatic nitrogens is 2. The van der Waals surface area contributed by atoms with Gasteiger partial charge in [0.05, 0.1) is 10.0 Å². The van der Waals surface area contributed by atoms with Gasteiger partial charge in [-0.3, -0.25) is 0 Å². The molecule has 0 aliphatic carbocycles. The quantitative estimate of drug-likeness (QED) is 0.916. The van der Waals surface area contributed by atoms with E-state index in [-0.39, 0.29) is 5.69 Å². The first-order chi connectivity index (χ1) is 8.52. The van der Waals surface area contributed by atoms with Crippen molar-refractivity contribution in [2.45, 2.75) is 6.92 Å². The molecule has 18 heavy (non-hydrogen) atoms. The Morgan fingerprint density at radius 1 is 1.28 bits per heavy atom. The highest BCUT2D eigenvalue weighted by Gasteiger charge is 2.19. The zero-order chi connectivity index (χ0) is 13.3. The molecule has 2 aromatic rings. The molecule has 0 saturated heterocycles. The molecule has 0 fully saturated rings. The van der Waals surface area contributed by atoms with Crippen molar-refractivity contribution in [2.24, 2.45) is 0 Å². The maximum atomic E-state index is 11.2. The van der Waals surface area contributed by atoms with Gasteiger partial charge in [0.1, 0.15) is 6.33 Å². The maximum Gasteiger partial charge on any atom is 0.355 e. The largest absolute Gasteiger partial charge is 0.476 e. The highest BCUT2D eigenvalue weighted by Crippen LogP contribution is 2.35. The van der Waals surface area contributed by atoms with Crippen LogP contribution in [0.15, 0.2) is 24.5 Å². The summed E-state index contributed by atoms with van der Waals surface area (Å²) in [6.07, 6.45) is 1.21. The van der Waals surface area contributed by atoms with Crippen LogP contribution < -0.4 is 0 Å². The van der Waals surface area contributed by atoms with Gasteiger partial charge in [-0.2, -0.15) is 0 Å². The van der Waals surface area contributed by atoms with Crippen molar-refractivity contribution in [1.82, 2.24) is 9.97 Å². The van der Waals surface area contributed by atoms with E-state index in [1.807, 2.05) is 0 Å². The molecule has 0 amide bonds. The van der Waals surface area contributed by atoms with Crippen LogP contribution >= 0.6 is 23.2 Å². The van der Waals surface area contributed by atoms with Gasteiger partial charge in [-0.15, -0.1) is 0 Å². The van der Waals surface area contributed by atoms with Gasteiger partial charge in [0.2, 0.25) is 0 Å². The van der Waals surface area contributed by atoms with Crippen molar-refractivity contribution in [2.75, 3.05) is 0 Å². The molecule has 0 saturated carbocycles. The lowest BCUT2D eigenvalue weighted by Gasteiger charge is -2.10. The molecule has 0 radical (unpaired) electrons. The van der Waals surface area contributed by atoms with Crippen LogP contribution in [0.2, 0.25) is 10.0 Å². The van der Waals surface area contributed by atoms with Crippen LogP contribution in [0.25, 0.3) is 11.1 Å². The number of hydrogen-bond acceptors (Lipinski definition) is 3. The van der Waals surface area contributed by atoms with Crippen molar-refractivity contribution in [1.29, 1.82) is 0 Å². The SMILES string of the molecule is Cc1ncnc(C(=O)O)c1-c1cccc(Cl)c1Cl. The van der Waals surface area contributed by atoms with Crippen LogP contribution in [-0.4, -0.2) is 21.0 Å². The third kappa shape index (κ3) is 2.17. The number of benzene rings is 1. The fourth-order valence-corrected chi connectivity index (χ4v) is 2.05. The summed E-state index contributed by atoms with van der Waals surface area (Å²) >= 11 is 12.0. The van der Waals surface area contributed by atoms with Crippen molar-refractivity contribution >= 4 is 29.2 Å². The number of aryl methyl sites for hydroxylation is 1. The van der Waals surface area contributed by atoms with Crippen molar-refractivity contribution in [3.63, 3.8) is 0 Å². The van der Waals surface area contributed by atoms with Crippen molar-refractivity contribution in [3.8, 4) is 11.1 Å². The van der Waals surface area contributed by atoms with Gasteiger partial charge in [0.15, 0.2) is 5.69 Å². The van der Waals surface area contributed by atoms with Crippen molar-refractivity contribution in [3.05, 3.63) is 46.0 Å². The highest BCUT2D eigenvalue weighted by molar-refractivity contribution is 6.43. The number of carboxylic acids is 1. The van der Waals surface area contributed by atoms with E-state index >= 15 is 0 Å². The molecule has 0 atom stereocenters. The molecule has 92 valence electrons. The smallest absolute Gasteiger partial charge is 0.355 e. The monoisotopic (exact) mass is 282 g/mol. The predicted octanol–water partition coefficient (Wildman–Crippen LogP) is 3.46. The first-order valence-electron chi connectivity index (χ1n) is 5.01. The molecule has 1 aromatic carbocycles. The Hall–Kier alpha value is -1.65. The second kappa shape index (κ2) is 4.92. The molecule has 0 bridgehead atoms. The number of hydrogen-bond donors (Lipinski definition) is 1. The molecule has 2 rings (SSSR count). The Bertz CT molecular complexity index is 629. The van der Waals surface area contributed by atoms with E-state index < -0.39 is 5.97 Å². The normalized spacial score (nSPS) is 10.4. The molecular formula is C12H8Cl2N2O2. The van der Waals surface area contributed by atoms with E-state index in [2.05, 4.69) is 9.97 Å². The average Bonchev–Trinajstić information content (AvgIpc) is 2.33. The summed E-state index contributed by atoms with van der Waals surface area (Å²) < 4.78 is 0. The Labute approximate surface area is 113 Å². The molecule has 0 spiro atoms. The summed E-state index contributed by atoms with van der Waals surface area (Å²) in [5.41, 5.74) is 1.34. The van der Waals surface area contributed by atoms with Crippen LogP contribution in [0.4, 0.5) is 0 Å². The minimum atomic E-state index is -1.13. The number of carboxylic acid groups (broad SMARTS) is 1. The summed E-state index contributed by atoms with van der Waals surface area (Å²) in [5, 5.41) is 9.79. The summed E-state index contributed by atoms with van der Waals surface area (Å²) in [7, 11) is 0. The van der Waals surface area contributed by atoms with Crippen LogP contribution in [0.5, 0.6) is 0 Å². The van der Waals surface area contributed by atoms with E-state index in [0.29, 0.717) is 26.9 Å². The Morgan fingerprint density at radius 2 is 2.00 bits per heavy atom. The second-order valence-electron chi connectivity index (χ2n) is 3.59. The molecule has 0 aliphatic rings. The fraction of sp³-hybridized carbons (Fsp3) is 0.0833. The number of nitrogens with zero attached hydrogens (tertiary/aromatic N) is 2. The number of carbonyl (C=O) groups is 1. The van der Waals surface area contributed by atoms with E-state index in [4.69, 9.17) is 28.3 Å². The minimum absolute atomic E-state index is 0.0910.